The fourth-order valence-corrected chi connectivity index (χ4v) is 3.52. The number of ether oxygens (including phenoxy) is 1. The first-order valence-electron chi connectivity index (χ1n) is 12.6. The van der Waals surface area contributed by atoms with Crippen molar-refractivity contribution >= 4 is 23.8 Å². The van der Waals surface area contributed by atoms with E-state index >= 15 is 0 Å². The topological polar surface area (TPSA) is 162 Å². The van der Waals surface area contributed by atoms with Gasteiger partial charge in [-0.05, 0) is 50.5 Å². The Hall–Kier alpha value is -3.14. The Morgan fingerprint density at radius 2 is 1.36 bits per heavy atom. The van der Waals surface area contributed by atoms with Crippen LogP contribution in [-0.4, -0.2) is 64.4 Å². The minimum Gasteiger partial charge on any atom is -0.494 e. The first-order valence-corrected chi connectivity index (χ1v) is 12.6. The molecule has 1 aromatic rings. The first-order chi connectivity index (χ1) is 17.2. The summed E-state index contributed by atoms with van der Waals surface area (Å²) in [5.74, 6) is -2.16. The molecule has 0 fully saturated rings. The van der Waals surface area contributed by atoms with Gasteiger partial charge in [0, 0.05) is 18.9 Å². The number of aliphatic hydroxyl groups excluding tert-OH is 1. The van der Waals surface area contributed by atoms with Crippen molar-refractivity contribution in [2.75, 3.05) is 13.2 Å². The van der Waals surface area contributed by atoms with E-state index < -0.39 is 24.0 Å². The van der Waals surface area contributed by atoms with Crippen molar-refractivity contribution < 1.29 is 39.2 Å². The number of benzene rings is 1. The van der Waals surface area contributed by atoms with Crippen LogP contribution in [0.3, 0.4) is 0 Å². The molecule has 2 atom stereocenters. The van der Waals surface area contributed by atoms with E-state index in [-0.39, 0.29) is 43.2 Å². The summed E-state index contributed by atoms with van der Waals surface area (Å²) in [5, 5.41) is 32.1. The van der Waals surface area contributed by atoms with Crippen molar-refractivity contribution in [3.05, 3.63) is 29.8 Å². The van der Waals surface area contributed by atoms with E-state index in [4.69, 9.17) is 14.9 Å². The van der Waals surface area contributed by atoms with Crippen molar-refractivity contribution in [2.24, 2.45) is 0 Å². The van der Waals surface area contributed by atoms with E-state index in [0.717, 1.165) is 44.9 Å². The van der Waals surface area contributed by atoms with Crippen LogP contribution in [0.4, 0.5) is 0 Å². The van der Waals surface area contributed by atoms with Crippen molar-refractivity contribution in [3.8, 4) is 5.75 Å². The second kappa shape index (κ2) is 18.2. The molecule has 0 heterocycles. The second-order valence-electron chi connectivity index (χ2n) is 8.90. The largest absolute Gasteiger partial charge is 0.494 e. The summed E-state index contributed by atoms with van der Waals surface area (Å²) in [6.45, 7) is 2.03. The number of carboxylic acid groups (broad SMARTS) is 2. The molecule has 36 heavy (non-hydrogen) atoms. The summed E-state index contributed by atoms with van der Waals surface area (Å²) in [4.78, 5) is 46.0. The van der Waals surface area contributed by atoms with E-state index in [1.807, 2.05) is 0 Å². The highest BCUT2D eigenvalue weighted by molar-refractivity contribution is 5.87. The molecule has 2 amide bonds. The standard InChI is InChI=1S/C26H40N2O8/c1-19(18-29)27-24(31)16-15-22(26(34)35)28-23(30)10-8-6-4-2-3-5-7-9-17-36-21-13-11-20(12-14-21)25(32)33/h11-14,19,22,29H,2-10,15-18H2,1H3,(H,27,31)(H,28,30)(H,32,33)(H,34,35)/t19-,22+/m1/s1. The van der Waals surface area contributed by atoms with Crippen molar-refractivity contribution in [2.45, 2.75) is 89.6 Å². The smallest absolute Gasteiger partial charge is 0.335 e. The van der Waals surface area contributed by atoms with Gasteiger partial charge < -0.3 is 30.7 Å². The van der Waals surface area contributed by atoms with Crippen molar-refractivity contribution in [3.63, 3.8) is 0 Å². The molecule has 5 N–H and O–H groups in total. The van der Waals surface area contributed by atoms with E-state index in [2.05, 4.69) is 10.6 Å². The SMILES string of the molecule is C[C@H](CO)NC(=O)CC[C@H](NC(=O)CCCCCCCCCCOc1ccc(C(=O)O)cc1)C(=O)O. The van der Waals surface area contributed by atoms with Gasteiger partial charge in [-0.25, -0.2) is 9.59 Å². The molecule has 10 nitrogen and oxygen atoms in total. The molecule has 10 heteroatoms. The summed E-state index contributed by atoms with van der Waals surface area (Å²) in [7, 11) is 0. The van der Waals surface area contributed by atoms with Gasteiger partial charge in [0.1, 0.15) is 11.8 Å². The Balaban J connectivity index is 2.04. The number of carbonyl (C=O) groups is 4. The molecule has 0 saturated carbocycles. The first kappa shape index (κ1) is 30.9. The van der Waals surface area contributed by atoms with Crippen LogP contribution in [-0.2, 0) is 14.4 Å². The molecule has 0 aromatic heterocycles. The van der Waals surface area contributed by atoms with Gasteiger partial charge in [-0.3, -0.25) is 9.59 Å². The Kier molecular flexibility index (Phi) is 15.6. The lowest BCUT2D eigenvalue weighted by Crippen LogP contribution is -2.42. The number of nitrogens with one attached hydrogen (secondary N) is 2. The van der Waals surface area contributed by atoms with E-state index in [1.54, 1.807) is 19.1 Å². The molecule has 0 aliphatic rings. The minimum atomic E-state index is -1.17. The molecule has 202 valence electrons. The van der Waals surface area contributed by atoms with Gasteiger partial charge in [-0.15, -0.1) is 0 Å². The quantitative estimate of drug-likeness (QED) is 0.168. The summed E-state index contributed by atoms with van der Waals surface area (Å²) in [6.07, 6.45) is 8.00. The third kappa shape index (κ3) is 14.3. The van der Waals surface area contributed by atoms with Crippen molar-refractivity contribution in [1.82, 2.24) is 10.6 Å². The zero-order valence-electron chi connectivity index (χ0n) is 21.0. The van der Waals surface area contributed by atoms with Gasteiger partial charge in [0.25, 0.3) is 0 Å². The fraction of sp³-hybridized carbons (Fsp3) is 0.615. The van der Waals surface area contributed by atoms with Crippen LogP contribution in [0, 0.1) is 0 Å². The minimum absolute atomic E-state index is 0.00685. The predicted molar refractivity (Wildman–Crippen MR) is 134 cm³/mol. The zero-order valence-corrected chi connectivity index (χ0v) is 21.0. The van der Waals surface area contributed by atoms with Gasteiger partial charge in [0.2, 0.25) is 11.8 Å². The molecule has 0 aliphatic heterocycles. The number of carbonyl (C=O) groups excluding carboxylic acids is 2. The molecular weight excluding hydrogens is 468 g/mol. The highest BCUT2D eigenvalue weighted by Gasteiger charge is 2.21. The second-order valence-corrected chi connectivity index (χ2v) is 8.90. The number of unbranched alkanes of at least 4 members (excludes halogenated alkanes) is 7. The summed E-state index contributed by atoms with van der Waals surface area (Å²) in [6, 6.07) is 4.85. The summed E-state index contributed by atoms with van der Waals surface area (Å²) < 4.78 is 5.62. The third-order valence-electron chi connectivity index (χ3n) is 5.64. The van der Waals surface area contributed by atoms with E-state index in [0.29, 0.717) is 18.8 Å². The number of rotatable bonds is 20. The normalized spacial score (nSPS) is 12.4. The molecule has 0 spiro atoms. The van der Waals surface area contributed by atoms with Gasteiger partial charge >= 0.3 is 11.9 Å². The molecule has 0 aliphatic carbocycles. The predicted octanol–water partition coefficient (Wildman–Crippen LogP) is 3.12. The van der Waals surface area contributed by atoms with Crippen LogP contribution >= 0.6 is 0 Å². The van der Waals surface area contributed by atoms with Gasteiger partial charge in [-0.1, -0.05) is 38.5 Å². The average Bonchev–Trinajstić information content (AvgIpc) is 2.84. The van der Waals surface area contributed by atoms with Gasteiger partial charge in [0.15, 0.2) is 0 Å². The van der Waals surface area contributed by atoms with Crippen LogP contribution in [0.25, 0.3) is 0 Å². The van der Waals surface area contributed by atoms with E-state index in [1.165, 1.54) is 12.1 Å². The molecule has 0 unspecified atom stereocenters. The maximum absolute atomic E-state index is 12.1. The highest BCUT2D eigenvalue weighted by Crippen LogP contribution is 2.14. The monoisotopic (exact) mass is 508 g/mol. The van der Waals surface area contributed by atoms with E-state index in [9.17, 15) is 24.3 Å². The van der Waals surface area contributed by atoms with Gasteiger partial charge in [-0.2, -0.15) is 0 Å². The number of aliphatic hydroxyl groups is 1. The average molecular weight is 509 g/mol. The lowest BCUT2D eigenvalue weighted by atomic mass is 10.1. The lowest BCUT2D eigenvalue weighted by Gasteiger charge is -2.15. The lowest BCUT2D eigenvalue weighted by molar-refractivity contribution is -0.142. The molecule has 0 saturated heterocycles. The number of amides is 2. The van der Waals surface area contributed by atoms with Crippen LogP contribution in [0.5, 0.6) is 5.75 Å². The highest BCUT2D eigenvalue weighted by atomic mass is 16.5. The Labute approximate surface area is 212 Å². The van der Waals surface area contributed by atoms with Crippen LogP contribution in [0.2, 0.25) is 0 Å². The van der Waals surface area contributed by atoms with Gasteiger partial charge in [0.05, 0.1) is 18.8 Å². The van der Waals surface area contributed by atoms with Crippen LogP contribution in [0.15, 0.2) is 24.3 Å². The summed E-state index contributed by atoms with van der Waals surface area (Å²) >= 11 is 0. The molecule has 1 aromatic carbocycles. The Bertz CT molecular complexity index is 813. The molecule has 0 radical (unpaired) electrons. The zero-order chi connectivity index (χ0) is 26.8. The van der Waals surface area contributed by atoms with Crippen LogP contribution in [0.1, 0.15) is 87.9 Å². The Morgan fingerprint density at radius 3 is 1.92 bits per heavy atom. The number of carboxylic acids is 2. The maximum atomic E-state index is 12.1. The fourth-order valence-electron chi connectivity index (χ4n) is 3.52. The summed E-state index contributed by atoms with van der Waals surface area (Å²) in [5.41, 5.74) is 0.235. The number of hydrogen-bond acceptors (Lipinski definition) is 6. The number of hydrogen-bond donors (Lipinski definition) is 5. The third-order valence-corrected chi connectivity index (χ3v) is 5.64. The molecule has 1 rings (SSSR count). The number of aromatic carboxylic acids is 1. The Morgan fingerprint density at radius 1 is 0.806 bits per heavy atom. The molecular formula is C26H40N2O8. The van der Waals surface area contributed by atoms with Crippen LogP contribution < -0.4 is 15.4 Å². The molecule has 0 bridgehead atoms. The number of aliphatic carboxylic acids is 1. The van der Waals surface area contributed by atoms with Crippen molar-refractivity contribution in [1.29, 1.82) is 0 Å². The maximum Gasteiger partial charge on any atom is 0.335 e.